The van der Waals surface area contributed by atoms with Gasteiger partial charge in [-0.1, -0.05) is 85.6 Å². The van der Waals surface area contributed by atoms with Crippen LogP contribution in [0.1, 0.15) is 98.2 Å². The number of rotatable bonds is 19. The molecular weight excluding hydrogens is 1130 g/mol. The van der Waals surface area contributed by atoms with Crippen LogP contribution in [0.15, 0.2) is 142 Å². The van der Waals surface area contributed by atoms with Crippen LogP contribution in [0.4, 0.5) is 24.5 Å². The second-order valence-corrected chi connectivity index (χ2v) is 28.2. The monoisotopic (exact) mass is 1200 g/mol. The van der Waals surface area contributed by atoms with Crippen molar-refractivity contribution in [2.45, 2.75) is 116 Å². The van der Waals surface area contributed by atoms with Crippen LogP contribution in [0.5, 0.6) is 0 Å². The molecule has 21 heteroatoms. The second kappa shape index (κ2) is 24.8. The van der Waals surface area contributed by atoms with Gasteiger partial charge in [-0.25, -0.2) is 21.6 Å². The van der Waals surface area contributed by atoms with Crippen LogP contribution < -0.4 is 20.3 Å². The Bertz CT molecular complexity index is 3390. The van der Waals surface area contributed by atoms with Crippen LogP contribution >= 0.6 is 23.4 Å². The number of allylic oxidation sites excluding steroid dienone is 1. The largest absolute Gasteiger partial charge is 0.501 e. The number of imide groups is 1. The van der Waals surface area contributed by atoms with Crippen LogP contribution in [-0.4, -0.2) is 131 Å². The van der Waals surface area contributed by atoms with E-state index < -0.39 is 52.8 Å². The summed E-state index contributed by atoms with van der Waals surface area (Å²) in [6.07, 6.45) is 6.26. The zero-order chi connectivity index (χ0) is 58.0. The highest BCUT2D eigenvalue weighted by Gasteiger charge is 2.49. The van der Waals surface area contributed by atoms with Crippen molar-refractivity contribution in [3.63, 3.8) is 0 Å². The number of hydrogen-bond acceptors (Lipinski definition) is 13. The van der Waals surface area contributed by atoms with E-state index in [2.05, 4.69) is 56.2 Å². The highest BCUT2D eigenvalue weighted by Crippen LogP contribution is 2.43. The fourth-order valence-corrected chi connectivity index (χ4v) is 15.5. The molecular formula is C61H69ClF3N7O7S3. The van der Waals surface area contributed by atoms with Gasteiger partial charge in [-0.15, -0.1) is 11.8 Å². The summed E-state index contributed by atoms with van der Waals surface area (Å²) in [6.45, 7) is 11.4. The molecule has 436 valence electrons. The molecule has 4 atom stereocenters. The average Bonchev–Trinajstić information content (AvgIpc) is 3.82. The summed E-state index contributed by atoms with van der Waals surface area (Å²) >= 11 is 7.67. The molecule has 1 aliphatic carbocycles. The van der Waals surface area contributed by atoms with Crippen LogP contribution in [-0.2, 0) is 36.0 Å². The lowest BCUT2D eigenvalue weighted by Gasteiger charge is -2.41. The summed E-state index contributed by atoms with van der Waals surface area (Å²) in [7, 11) is -11.0. The zero-order valence-electron chi connectivity index (χ0n) is 46.0. The molecule has 0 spiro atoms. The van der Waals surface area contributed by atoms with Crippen LogP contribution in [0.25, 0.3) is 5.57 Å². The third-order valence-electron chi connectivity index (χ3n) is 16.8. The van der Waals surface area contributed by atoms with E-state index in [1.54, 1.807) is 12.1 Å². The van der Waals surface area contributed by atoms with Gasteiger partial charge in [0.25, 0.3) is 25.8 Å². The number of halogens is 4. The predicted molar refractivity (Wildman–Crippen MR) is 315 cm³/mol. The van der Waals surface area contributed by atoms with Gasteiger partial charge in [-0.3, -0.25) is 34.4 Å². The van der Waals surface area contributed by atoms with E-state index in [0.717, 1.165) is 112 Å². The number of piperidine rings is 1. The van der Waals surface area contributed by atoms with Gasteiger partial charge in [0.2, 0.25) is 11.8 Å². The Morgan fingerprint density at radius 1 is 0.805 bits per heavy atom. The standard InChI is InChI=1S/C61H69ClF3N7O7S3/c1-60(2)28-26-53(42-12-16-46(62)17-13-42)45(35-60)37-69-30-32-71(33-31-69)48-18-14-44(15-19-48)58(74)68-82(78,79)52-22-24-55(56(34-52)81(76,77)61(63,64)65)66-47(40-80-51-6-4-3-5-7-51)27-29-72-49-20-21-50(72)39-70(38-49)36-41-8-10-43(11-9-41)54-23-25-57(73)67-59(54)75/h3-19,22,24,34,47,49-50,54,66H,20-21,23,25-33,35-40H2,1-2H3,(H,68,74)(H,67,73,75)/t47-,49?,50?,54?/m1/s1. The molecule has 0 saturated carbocycles. The summed E-state index contributed by atoms with van der Waals surface area (Å²) in [5.41, 5.74) is 0.849. The van der Waals surface area contributed by atoms with E-state index in [1.807, 2.05) is 71.5 Å². The molecule has 5 aromatic rings. The van der Waals surface area contributed by atoms with Crippen molar-refractivity contribution in [2.24, 2.45) is 5.41 Å². The van der Waals surface area contributed by atoms with Crippen molar-refractivity contribution in [1.29, 1.82) is 0 Å². The van der Waals surface area contributed by atoms with E-state index >= 15 is 0 Å². The topological polar surface area (TPSA) is 169 Å². The van der Waals surface area contributed by atoms with E-state index in [9.17, 15) is 44.4 Å². The maximum absolute atomic E-state index is 14.5. The van der Waals surface area contributed by atoms with Crippen molar-refractivity contribution in [3.8, 4) is 0 Å². The van der Waals surface area contributed by atoms with Crippen LogP contribution in [0, 0.1) is 5.41 Å². The van der Waals surface area contributed by atoms with Gasteiger partial charge in [0, 0.05) is 110 Å². The number of thioether (sulfide) groups is 1. The third kappa shape index (κ3) is 14.1. The molecule has 4 heterocycles. The van der Waals surface area contributed by atoms with Crippen molar-refractivity contribution < 1.29 is 44.4 Å². The van der Waals surface area contributed by atoms with Gasteiger partial charge in [0.05, 0.1) is 16.5 Å². The van der Waals surface area contributed by atoms with Crippen LogP contribution in [0.2, 0.25) is 5.02 Å². The number of sulfone groups is 1. The number of alkyl halides is 3. The Kier molecular flexibility index (Phi) is 18.0. The predicted octanol–water partition coefficient (Wildman–Crippen LogP) is 10.4. The number of nitrogens with zero attached hydrogens (tertiary/aromatic N) is 4. The molecule has 4 saturated heterocycles. The first-order valence-corrected chi connectivity index (χ1v) is 32.3. The number of piperazine rings is 2. The van der Waals surface area contributed by atoms with E-state index in [4.69, 9.17) is 11.6 Å². The smallest absolute Gasteiger partial charge is 0.380 e. The Morgan fingerprint density at radius 2 is 1.49 bits per heavy atom. The van der Waals surface area contributed by atoms with Gasteiger partial charge in [0.1, 0.15) is 4.90 Å². The number of anilines is 2. The summed E-state index contributed by atoms with van der Waals surface area (Å²) in [6, 6.07) is 34.2. The van der Waals surface area contributed by atoms with Crippen molar-refractivity contribution in [3.05, 3.63) is 154 Å². The number of sulfonamides is 1. The lowest BCUT2D eigenvalue weighted by molar-refractivity contribution is -0.134. The summed E-state index contributed by atoms with van der Waals surface area (Å²) < 4.78 is 100. The molecule has 3 amide bonds. The number of fused-ring (bicyclic) bond motifs is 2. The number of carbonyl (C=O) groups is 3. The van der Waals surface area contributed by atoms with E-state index in [0.29, 0.717) is 49.2 Å². The number of nitrogens with one attached hydrogen (secondary N) is 3. The molecule has 5 aromatic carbocycles. The fourth-order valence-electron chi connectivity index (χ4n) is 12.3. The molecule has 14 nitrogen and oxygen atoms in total. The maximum Gasteiger partial charge on any atom is 0.501 e. The Labute approximate surface area is 488 Å². The summed E-state index contributed by atoms with van der Waals surface area (Å²) in [5, 5.41) is 6.23. The number of likely N-dealkylation sites (tertiary alicyclic amines) is 1. The minimum atomic E-state index is -6.12. The number of benzene rings is 5. The fraction of sp³-hybridized carbons (Fsp3) is 0.426. The first-order valence-electron chi connectivity index (χ1n) is 28.0. The van der Waals surface area contributed by atoms with Gasteiger partial charge >= 0.3 is 5.51 Å². The Balaban J connectivity index is 0.785. The molecule has 5 aliphatic rings. The molecule has 0 aromatic heterocycles. The SMILES string of the molecule is CC1(C)CCC(c2ccc(Cl)cc2)=C(CN2CCN(c3ccc(C(=O)NS(=O)(=O)c4ccc(N[C@H](CCN5C6CCC5CN(Cc5ccc(C7CCC(=O)NC7=O)cc5)C6)CSc5ccccc5)c(S(=O)(=O)C(F)(F)F)c4)cc3)CC2)C1. The van der Waals surface area contributed by atoms with E-state index in [-0.39, 0.29) is 40.8 Å². The van der Waals surface area contributed by atoms with Crippen molar-refractivity contribution >= 4 is 77.9 Å². The first kappa shape index (κ1) is 59.4. The normalized spacial score (nSPS) is 21.5. The molecule has 3 unspecified atom stereocenters. The van der Waals surface area contributed by atoms with Crippen LogP contribution in [0.3, 0.4) is 0 Å². The highest BCUT2D eigenvalue weighted by molar-refractivity contribution is 7.99. The molecule has 4 fully saturated rings. The molecule has 10 rings (SSSR count). The average molecular weight is 1200 g/mol. The Morgan fingerprint density at radius 3 is 2.15 bits per heavy atom. The second-order valence-electron chi connectivity index (χ2n) is 23.1. The minimum Gasteiger partial charge on any atom is -0.380 e. The molecule has 82 heavy (non-hydrogen) atoms. The van der Waals surface area contributed by atoms with Gasteiger partial charge in [-0.2, -0.15) is 13.2 Å². The quantitative estimate of drug-likeness (QED) is 0.0528. The maximum atomic E-state index is 14.5. The summed E-state index contributed by atoms with van der Waals surface area (Å²) in [5.74, 6) is -1.58. The highest BCUT2D eigenvalue weighted by atomic mass is 35.5. The first-order chi connectivity index (χ1) is 39.1. The Hall–Kier alpha value is -5.74. The van der Waals surface area contributed by atoms with Crippen molar-refractivity contribution in [1.82, 2.24) is 24.7 Å². The minimum absolute atomic E-state index is 0.0131. The lowest BCUT2D eigenvalue weighted by atomic mass is 9.73. The van der Waals surface area contributed by atoms with Crippen molar-refractivity contribution in [2.75, 3.05) is 68.3 Å². The molecule has 2 bridgehead atoms. The molecule has 4 aliphatic heterocycles. The third-order valence-corrected chi connectivity index (χ3v) is 21.0. The van der Waals surface area contributed by atoms with Gasteiger partial charge in [0.15, 0.2) is 0 Å². The number of amides is 3. The number of hydrogen-bond donors (Lipinski definition) is 3. The lowest BCUT2D eigenvalue weighted by Crippen LogP contribution is -2.54. The van der Waals surface area contributed by atoms with Gasteiger partial charge in [-0.05, 0) is 139 Å². The van der Waals surface area contributed by atoms with Gasteiger partial charge < -0.3 is 10.2 Å². The van der Waals surface area contributed by atoms with E-state index in [1.165, 1.54) is 40.6 Å². The summed E-state index contributed by atoms with van der Waals surface area (Å²) in [4.78, 5) is 46.0. The molecule has 3 N–H and O–H groups in total. The number of carbonyl (C=O) groups excluding carboxylic acids is 3. The molecule has 0 radical (unpaired) electrons. The zero-order valence-corrected chi connectivity index (χ0v) is 49.2.